The summed E-state index contributed by atoms with van der Waals surface area (Å²) >= 11 is 0. The lowest BCUT2D eigenvalue weighted by Gasteiger charge is -2.40. The number of piperazine rings is 1. The van der Waals surface area contributed by atoms with Crippen molar-refractivity contribution in [2.75, 3.05) is 49.1 Å². The van der Waals surface area contributed by atoms with E-state index in [1.165, 1.54) is 12.1 Å². The highest BCUT2D eigenvalue weighted by molar-refractivity contribution is 6.23. The Labute approximate surface area is 242 Å². The smallest absolute Gasteiger partial charge is 0.370 e. The minimum absolute atomic E-state index is 0.105. The van der Waals surface area contributed by atoms with Crippen molar-refractivity contribution in [3.63, 3.8) is 0 Å². The van der Waals surface area contributed by atoms with Crippen LogP contribution in [0.5, 0.6) is 0 Å². The molecule has 1 unspecified atom stereocenters. The Balaban J connectivity index is 1.15. The van der Waals surface area contributed by atoms with Crippen molar-refractivity contribution >= 4 is 29.1 Å². The topological polar surface area (TPSA) is 64.2 Å². The number of piperidine rings is 1. The summed E-state index contributed by atoms with van der Waals surface area (Å²) in [7, 11) is 0. The Morgan fingerprint density at radius 1 is 0.810 bits per heavy atom. The Bertz CT molecular complexity index is 1500. The molecular formula is C32H31F3N4O3. The molecule has 3 aliphatic heterocycles. The third kappa shape index (κ3) is 5.33. The van der Waals surface area contributed by atoms with Crippen LogP contribution in [-0.4, -0.2) is 66.8 Å². The van der Waals surface area contributed by atoms with Crippen LogP contribution in [0.2, 0.25) is 0 Å². The molecule has 3 aromatic rings. The maximum atomic E-state index is 13.5. The third-order valence-electron chi connectivity index (χ3n) is 8.40. The van der Waals surface area contributed by atoms with Crippen molar-refractivity contribution < 1.29 is 27.6 Å². The van der Waals surface area contributed by atoms with Gasteiger partial charge >= 0.3 is 6.18 Å². The number of alkyl halides is 3. The van der Waals surface area contributed by atoms with E-state index in [1.54, 1.807) is 18.2 Å². The largest absolute Gasteiger partial charge is 0.416 e. The number of hydrogen-bond donors (Lipinski definition) is 0. The number of fused-ring (bicyclic) bond motifs is 1. The summed E-state index contributed by atoms with van der Waals surface area (Å²) in [4.78, 5) is 47.5. The molecule has 0 spiro atoms. The first-order valence-corrected chi connectivity index (χ1v) is 14.2. The quantitative estimate of drug-likeness (QED) is 0.397. The van der Waals surface area contributed by atoms with Gasteiger partial charge in [-0.15, -0.1) is 0 Å². The number of carbonyl (C=O) groups is 3. The van der Waals surface area contributed by atoms with Gasteiger partial charge in [0.2, 0.25) is 5.91 Å². The lowest BCUT2D eigenvalue weighted by atomic mass is 9.94. The molecule has 3 aromatic carbocycles. The van der Waals surface area contributed by atoms with Crippen LogP contribution in [0.4, 0.5) is 24.5 Å². The maximum absolute atomic E-state index is 13.5. The van der Waals surface area contributed by atoms with E-state index in [2.05, 4.69) is 17.0 Å². The second-order valence-electron chi connectivity index (χ2n) is 11.0. The maximum Gasteiger partial charge on any atom is 0.416 e. The van der Waals surface area contributed by atoms with Gasteiger partial charge in [0, 0.05) is 45.0 Å². The molecule has 1 atom stereocenters. The lowest BCUT2D eigenvalue weighted by molar-refractivity contribution is -0.138. The Hall–Kier alpha value is -4.34. The van der Waals surface area contributed by atoms with Crippen LogP contribution in [0.1, 0.15) is 44.7 Å². The van der Waals surface area contributed by atoms with Crippen LogP contribution in [0.3, 0.4) is 0 Å². The third-order valence-corrected chi connectivity index (χ3v) is 8.40. The predicted octanol–water partition coefficient (Wildman–Crippen LogP) is 5.07. The molecule has 7 nitrogen and oxygen atoms in total. The fourth-order valence-electron chi connectivity index (χ4n) is 6.23. The van der Waals surface area contributed by atoms with Gasteiger partial charge in [0.25, 0.3) is 11.8 Å². The van der Waals surface area contributed by atoms with E-state index in [0.717, 1.165) is 48.7 Å². The van der Waals surface area contributed by atoms with Gasteiger partial charge in [-0.25, -0.2) is 0 Å². The Kier molecular flexibility index (Phi) is 7.38. The zero-order valence-electron chi connectivity index (χ0n) is 23.0. The fourth-order valence-corrected chi connectivity index (χ4v) is 6.23. The zero-order chi connectivity index (χ0) is 29.4. The molecule has 2 fully saturated rings. The number of hydrogen-bond acceptors (Lipinski definition) is 5. The van der Waals surface area contributed by atoms with Crippen LogP contribution < -0.4 is 9.80 Å². The predicted molar refractivity (Wildman–Crippen MR) is 152 cm³/mol. The Morgan fingerprint density at radius 2 is 1.55 bits per heavy atom. The van der Waals surface area contributed by atoms with Crippen molar-refractivity contribution in [2.45, 2.75) is 25.6 Å². The summed E-state index contributed by atoms with van der Waals surface area (Å²) in [6, 6.07) is 19.9. The SMILES string of the molecule is O=C(C1CCCN(c2cccc3c2C(=O)N(Cc2cccc(C(F)(F)F)c2)C3=O)C1)N1CCN(c2ccccc2)CC1. The molecule has 0 radical (unpaired) electrons. The van der Waals surface area contributed by atoms with Gasteiger partial charge in [-0.3, -0.25) is 19.3 Å². The number of halogens is 3. The Morgan fingerprint density at radius 3 is 2.29 bits per heavy atom. The average Bonchev–Trinajstić information content (AvgIpc) is 3.26. The molecule has 3 amide bonds. The van der Waals surface area contributed by atoms with Crippen LogP contribution in [0, 0.1) is 5.92 Å². The molecule has 3 aliphatic rings. The molecule has 218 valence electrons. The molecule has 6 rings (SSSR count). The minimum Gasteiger partial charge on any atom is -0.370 e. The molecule has 0 bridgehead atoms. The van der Waals surface area contributed by atoms with E-state index >= 15 is 0 Å². The number of rotatable bonds is 5. The number of para-hydroxylation sites is 1. The molecule has 42 heavy (non-hydrogen) atoms. The first-order chi connectivity index (χ1) is 20.2. The van der Waals surface area contributed by atoms with Crippen LogP contribution in [0.25, 0.3) is 0 Å². The second-order valence-corrected chi connectivity index (χ2v) is 11.0. The van der Waals surface area contributed by atoms with Gasteiger partial charge < -0.3 is 14.7 Å². The van der Waals surface area contributed by atoms with Gasteiger partial charge in [0.05, 0.1) is 34.8 Å². The zero-order valence-corrected chi connectivity index (χ0v) is 23.0. The van der Waals surface area contributed by atoms with Gasteiger partial charge in [-0.2, -0.15) is 13.2 Å². The van der Waals surface area contributed by atoms with E-state index < -0.39 is 23.6 Å². The molecule has 0 N–H and O–H groups in total. The molecule has 0 aromatic heterocycles. The van der Waals surface area contributed by atoms with E-state index in [-0.39, 0.29) is 35.1 Å². The molecule has 10 heteroatoms. The first kappa shape index (κ1) is 27.8. The van der Waals surface area contributed by atoms with Gasteiger partial charge in [-0.05, 0) is 54.8 Å². The van der Waals surface area contributed by atoms with Crippen LogP contribution >= 0.6 is 0 Å². The highest BCUT2D eigenvalue weighted by atomic mass is 19.4. The first-order valence-electron chi connectivity index (χ1n) is 14.2. The molecule has 0 saturated carbocycles. The number of carbonyl (C=O) groups excluding carboxylic acids is 3. The van der Waals surface area contributed by atoms with Crippen molar-refractivity contribution in [2.24, 2.45) is 5.92 Å². The van der Waals surface area contributed by atoms with Gasteiger partial charge in [0.15, 0.2) is 0 Å². The standard InChI is InChI=1S/C32H31F3N4O3/c33-32(34,35)24-9-4-7-22(19-24)20-39-30(41)26-12-5-13-27(28(26)31(39)42)38-14-6-8-23(21-38)29(40)37-17-15-36(16-18-37)25-10-2-1-3-11-25/h1-5,7,9-13,19,23H,6,8,14-18,20-21H2. The number of nitrogens with zero attached hydrogens (tertiary/aromatic N) is 4. The van der Waals surface area contributed by atoms with Crippen molar-refractivity contribution in [1.29, 1.82) is 0 Å². The van der Waals surface area contributed by atoms with Crippen molar-refractivity contribution in [1.82, 2.24) is 9.80 Å². The van der Waals surface area contributed by atoms with Gasteiger partial charge in [-0.1, -0.05) is 36.4 Å². The van der Waals surface area contributed by atoms with E-state index in [1.807, 2.05) is 28.0 Å². The highest BCUT2D eigenvalue weighted by Gasteiger charge is 2.40. The number of benzene rings is 3. The highest BCUT2D eigenvalue weighted by Crippen LogP contribution is 2.36. The van der Waals surface area contributed by atoms with Crippen LogP contribution in [-0.2, 0) is 17.5 Å². The summed E-state index contributed by atoms with van der Waals surface area (Å²) in [6.07, 6.45) is -3.01. The van der Waals surface area contributed by atoms with Crippen LogP contribution in [0.15, 0.2) is 72.8 Å². The molecule has 3 heterocycles. The second kappa shape index (κ2) is 11.2. The van der Waals surface area contributed by atoms with E-state index in [0.29, 0.717) is 31.9 Å². The van der Waals surface area contributed by atoms with Crippen molar-refractivity contribution in [3.05, 3.63) is 95.1 Å². The summed E-state index contributed by atoms with van der Waals surface area (Å²) in [5.74, 6) is -1.19. The minimum atomic E-state index is -4.52. The summed E-state index contributed by atoms with van der Waals surface area (Å²) in [6.45, 7) is 3.62. The monoisotopic (exact) mass is 576 g/mol. The summed E-state index contributed by atoms with van der Waals surface area (Å²) in [5, 5.41) is 0. The lowest BCUT2D eigenvalue weighted by Crippen LogP contribution is -2.52. The number of imide groups is 1. The van der Waals surface area contributed by atoms with Gasteiger partial charge in [0.1, 0.15) is 0 Å². The molecule has 0 aliphatic carbocycles. The summed E-state index contributed by atoms with van der Waals surface area (Å²) in [5.41, 5.74) is 1.60. The van der Waals surface area contributed by atoms with E-state index in [4.69, 9.17) is 0 Å². The number of amides is 3. The average molecular weight is 577 g/mol. The van der Waals surface area contributed by atoms with Crippen molar-refractivity contribution in [3.8, 4) is 0 Å². The molecular weight excluding hydrogens is 545 g/mol. The fraction of sp³-hybridized carbons (Fsp3) is 0.344. The number of anilines is 2. The summed E-state index contributed by atoms with van der Waals surface area (Å²) < 4.78 is 39.7. The molecule has 2 saturated heterocycles. The normalized spacial score (nSPS) is 19.4. The van der Waals surface area contributed by atoms with E-state index in [9.17, 15) is 27.6 Å².